The number of ether oxygens (including phenoxy) is 1. The third-order valence-electron chi connectivity index (χ3n) is 4.26. The Bertz CT molecular complexity index is 1030. The monoisotopic (exact) mass is 405 g/mol. The summed E-state index contributed by atoms with van der Waals surface area (Å²) in [6.45, 7) is 3.57. The standard InChI is InChI=1S/C19H20ClN3O3S/c1-13-10-18(26-3)19(11-17(13)20)27(24,25)22-14(2)15-4-6-16(7-5-15)23-9-8-21-12-23/h4-12,14,22H,1-3H3/t14-/m0/s1. The summed E-state index contributed by atoms with van der Waals surface area (Å²) in [6.07, 6.45) is 5.24. The number of sulfonamides is 1. The van der Waals surface area contributed by atoms with Crippen molar-refractivity contribution in [2.45, 2.75) is 24.8 Å². The fourth-order valence-corrected chi connectivity index (χ4v) is 4.35. The maximum Gasteiger partial charge on any atom is 0.244 e. The zero-order valence-electron chi connectivity index (χ0n) is 15.2. The van der Waals surface area contributed by atoms with E-state index in [1.807, 2.05) is 35.0 Å². The van der Waals surface area contributed by atoms with Gasteiger partial charge in [0.15, 0.2) is 0 Å². The molecule has 0 aliphatic rings. The number of rotatable bonds is 6. The lowest BCUT2D eigenvalue weighted by Crippen LogP contribution is -2.27. The molecule has 1 heterocycles. The molecule has 0 fully saturated rings. The molecule has 1 N–H and O–H groups in total. The summed E-state index contributed by atoms with van der Waals surface area (Å²) in [5.74, 6) is 0.257. The molecule has 6 nitrogen and oxygen atoms in total. The molecule has 0 spiro atoms. The summed E-state index contributed by atoms with van der Waals surface area (Å²) in [6, 6.07) is 10.2. The van der Waals surface area contributed by atoms with Crippen LogP contribution in [0.25, 0.3) is 5.69 Å². The highest BCUT2D eigenvalue weighted by Gasteiger charge is 2.23. The van der Waals surface area contributed by atoms with Crippen molar-refractivity contribution >= 4 is 21.6 Å². The number of benzene rings is 2. The van der Waals surface area contributed by atoms with Crippen LogP contribution in [-0.4, -0.2) is 25.1 Å². The Labute approximate surface area is 163 Å². The third-order valence-corrected chi connectivity index (χ3v) is 6.23. The molecule has 0 unspecified atom stereocenters. The van der Waals surface area contributed by atoms with Gasteiger partial charge in [-0.1, -0.05) is 23.7 Å². The van der Waals surface area contributed by atoms with Gasteiger partial charge in [-0.05, 0) is 49.2 Å². The number of hydrogen-bond acceptors (Lipinski definition) is 4. The Balaban J connectivity index is 1.84. The van der Waals surface area contributed by atoms with E-state index in [9.17, 15) is 8.42 Å². The molecule has 8 heteroatoms. The van der Waals surface area contributed by atoms with Crippen LogP contribution in [0, 0.1) is 6.92 Å². The first kappa shape index (κ1) is 19.4. The van der Waals surface area contributed by atoms with Crippen LogP contribution >= 0.6 is 11.6 Å². The molecular weight excluding hydrogens is 386 g/mol. The third kappa shape index (κ3) is 4.16. The van der Waals surface area contributed by atoms with Crippen LogP contribution in [0.1, 0.15) is 24.1 Å². The Morgan fingerprint density at radius 2 is 1.93 bits per heavy atom. The normalized spacial score (nSPS) is 12.7. The number of imidazole rings is 1. The molecule has 0 amide bonds. The van der Waals surface area contributed by atoms with E-state index in [-0.39, 0.29) is 10.6 Å². The van der Waals surface area contributed by atoms with E-state index in [0.717, 1.165) is 16.8 Å². The Kier molecular flexibility index (Phi) is 5.55. The molecule has 1 atom stereocenters. The summed E-state index contributed by atoms with van der Waals surface area (Å²) in [4.78, 5) is 4.03. The number of halogens is 1. The summed E-state index contributed by atoms with van der Waals surface area (Å²) in [5.41, 5.74) is 2.52. The fraction of sp³-hybridized carbons (Fsp3) is 0.211. The van der Waals surface area contributed by atoms with Crippen LogP contribution < -0.4 is 9.46 Å². The van der Waals surface area contributed by atoms with E-state index < -0.39 is 16.1 Å². The lowest BCUT2D eigenvalue weighted by Gasteiger charge is -2.17. The Morgan fingerprint density at radius 3 is 2.52 bits per heavy atom. The summed E-state index contributed by atoms with van der Waals surface area (Å²) in [5, 5.41) is 0.369. The lowest BCUT2D eigenvalue weighted by molar-refractivity contribution is 0.401. The van der Waals surface area contributed by atoms with Gasteiger partial charge < -0.3 is 9.30 Å². The van der Waals surface area contributed by atoms with Gasteiger partial charge in [0.2, 0.25) is 10.0 Å². The van der Waals surface area contributed by atoms with E-state index in [0.29, 0.717) is 5.02 Å². The maximum absolute atomic E-state index is 12.9. The molecule has 0 aliphatic heterocycles. The van der Waals surface area contributed by atoms with E-state index >= 15 is 0 Å². The number of aromatic nitrogens is 2. The van der Waals surface area contributed by atoms with Gasteiger partial charge >= 0.3 is 0 Å². The zero-order chi connectivity index (χ0) is 19.6. The first-order valence-electron chi connectivity index (χ1n) is 8.26. The lowest BCUT2D eigenvalue weighted by atomic mass is 10.1. The van der Waals surface area contributed by atoms with Crippen LogP contribution in [0.15, 0.2) is 60.0 Å². The van der Waals surface area contributed by atoms with Crippen LogP contribution in [0.2, 0.25) is 5.02 Å². The van der Waals surface area contributed by atoms with Gasteiger partial charge in [-0.25, -0.2) is 18.1 Å². The Hall–Kier alpha value is -2.35. The molecule has 142 valence electrons. The fourth-order valence-electron chi connectivity index (χ4n) is 2.72. The van der Waals surface area contributed by atoms with Gasteiger partial charge in [0, 0.05) is 29.1 Å². The van der Waals surface area contributed by atoms with Gasteiger partial charge in [-0.15, -0.1) is 0 Å². The highest BCUT2D eigenvalue weighted by Crippen LogP contribution is 2.31. The SMILES string of the molecule is COc1cc(C)c(Cl)cc1S(=O)(=O)N[C@@H](C)c1ccc(-n2ccnc2)cc1. The van der Waals surface area contributed by atoms with E-state index in [4.69, 9.17) is 16.3 Å². The molecule has 27 heavy (non-hydrogen) atoms. The van der Waals surface area contributed by atoms with Crippen LogP contribution in [0.5, 0.6) is 5.75 Å². The molecule has 0 aliphatic carbocycles. The van der Waals surface area contributed by atoms with Gasteiger partial charge in [0.1, 0.15) is 10.6 Å². The van der Waals surface area contributed by atoms with Gasteiger partial charge in [-0.3, -0.25) is 0 Å². The molecular formula is C19H20ClN3O3S. The minimum absolute atomic E-state index is 0.0162. The topological polar surface area (TPSA) is 73.2 Å². The molecule has 1 aromatic heterocycles. The van der Waals surface area contributed by atoms with Crippen molar-refractivity contribution < 1.29 is 13.2 Å². The molecule has 2 aromatic carbocycles. The average molecular weight is 406 g/mol. The minimum Gasteiger partial charge on any atom is -0.495 e. The molecule has 3 aromatic rings. The molecule has 0 saturated carbocycles. The largest absolute Gasteiger partial charge is 0.495 e. The van der Waals surface area contributed by atoms with E-state index in [1.54, 1.807) is 32.4 Å². The van der Waals surface area contributed by atoms with E-state index in [1.165, 1.54) is 13.2 Å². The van der Waals surface area contributed by atoms with Crippen molar-refractivity contribution in [3.63, 3.8) is 0 Å². The van der Waals surface area contributed by atoms with Crippen molar-refractivity contribution in [3.8, 4) is 11.4 Å². The molecule has 0 saturated heterocycles. The number of aryl methyl sites for hydroxylation is 1. The smallest absolute Gasteiger partial charge is 0.244 e. The Morgan fingerprint density at radius 1 is 1.22 bits per heavy atom. The van der Waals surface area contributed by atoms with Crippen LogP contribution in [0.3, 0.4) is 0 Å². The van der Waals surface area contributed by atoms with Crippen molar-refractivity contribution in [3.05, 3.63) is 71.3 Å². The highest BCUT2D eigenvalue weighted by atomic mass is 35.5. The second-order valence-corrected chi connectivity index (χ2v) is 8.25. The first-order chi connectivity index (χ1) is 12.8. The summed E-state index contributed by atoms with van der Waals surface area (Å²) in [7, 11) is -2.39. The second-order valence-electron chi connectivity index (χ2n) is 6.16. The van der Waals surface area contributed by atoms with Crippen molar-refractivity contribution in [2.24, 2.45) is 0 Å². The van der Waals surface area contributed by atoms with Gasteiger partial charge in [0.25, 0.3) is 0 Å². The van der Waals surface area contributed by atoms with Gasteiger partial charge in [-0.2, -0.15) is 0 Å². The molecule has 3 rings (SSSR count). The van der Waals surface area contributed by atoms with Crippen molar-refractivity contribution in [1.29, 1.82) is 0 Å². The highest BCUT2D eigenvalue weighted by molar-refractivity contribution is 7.89. The van der Waals surface area contributed by atoms with Crippen LogP contribution in [0.4, 0.5) is 0 Å². The predicted octanol–water partition coefficient (Wildman–Crippen LogP) is 3.88. The molecule has 0 bridgehead atoms. The summed E-state index contributed by atoms with van der Waals surface area (Å²) < 4.78 is 35.5. The van der Waals surface area contributed by atoms with E-state index in [2.05, 4.69) is 9.71 Å². The number of methoxy groups -OCH3 is 1. The minimum atomic E-state index is -3.82. The summed E-state index contributed by atoms with van der Waals surface area (Å²) >= 11 is 6.11. The average Bonchev–Trinajstić information content (AvgIpc) is 3.18. The zero-order valence-corrected chi connectivity index (χ0v) is 16.8. The van der Waals surface area contributed by atoms with Crippen LogP contribution in [-0.2, 0) is 10.0 Å². The van der Waals surface area contributed by atoms with Crippen molar-refractivity contribution in [1.82, 2.24) is 14.3 Å². The maximum atomic E-state index is 12.9. The quantitative estimate of drug-likeness (QED) is 0.675. The predicted molar refractivity (Wildman–Crippen MR) is 105 cm³/mol. The molecule has 0 radical (unpaired) electrons. The number of hydrogen-bond donors (Lipinski definition) is 1. The first-order valence-corrected chi connectivity index (χ1v) is 10.1. The van der Waals surface area contributed by atoms with Gasteiger partial charge in [0.05, 0.1) is 13.4 Å². The number of nitrogens with zero attached hydrogens (tertiary/aromatic N) is 2. The van der Waals surface area contributed by atoms with Crippen molar-refractivity contribution in [2.75, 3.05) is 7.11 Å². The number of nitrogens with one attached hydrogen (secondary N) is 1. The second kappa shape index (κ2) is 7.72.